The lowest BCUT2D eigenvalue weighted by atomic mass is 10.2. The molecule has 17 heavy (non-hydrogen) atoms. The lowest BCUT2D eigenvalue weighted by Gasteiger charge is -2.35. The number of nitrogens with zero attached hydrogens (tertiary/aromatic N) is 2. The Hall–Kier alpha value is -1.65. The zero-order valence-electron chi connectivity index (χ0n) is 9.40. The molecule has 0 aliphatic carbocycles. The molecule has 2 rings (SSSR count). The molecular weight excluding hydrogens is 226 g/mol. The van der Waals surface area contributed by atoms with Crippen molar-refractivity contribution < 1.29 is 13.6 Å². The van der Waals surface area contributed by atoms with E-state index in [9.17, 15) is 13.6 Å². The van der Waals surface area contributed by atoms with Gasteiger partial charge < -0.3 is 9.80 Å². The maximum Gasteiger partial charge on any atom is 0.242 e. The summed E-state index contributed by atoms with van der Waals surface area (Å²) in [6, 6.07) is 6.36. The molecule has 5 heteroatoms. The van der Waals surface area contributed by atoms with Crippen molar-refractivity contribution in [2.45, 2.75) is 0 Å². The van der Waals surface area contributed by atoms with E-state index in [-0.39, 0.29) is 24.8 Å². The summed E-state index contributed by atoms with van der Waals surface area (Å²) in [6.07, 6.45) is 0. The van der Waals surface area contributed by atoms with Crippen molar-refractivity contribution in [1.29, 1.82) is 0 Å². The van der Waals surface area contributed by atoms with E-state index in [1.54, 1.807) is 23.1 Å². The van der Waals surface area contributed by atoms with Gasteiger partial charge >= 0.3 is 0 Å². The Bertz CT molecular complexity index is 411. The summed E-state index contributed by atoms with van der Waals surface area (Å²) in [5.41, 5.74) is 0.431. The monoisotopic (exact) mass is 240 g/mol. The quantitative estimate of drug-likeness (QED) is 0.798. The summed E-state index contributed by atoms with van der Waals surface area (Å²) in [6.45, 7) is 0.681. The fourth-order valence-electron chi connectivity index (χ4n) is 1.96. The molecule has 0 bridgehead atoms. The van der Waals surface area contributed by atoms with Crippen LogP contribution in [0.1, 0.15) is 0 Å². The van der Waals surface area contributed by atoms with E-state index in [2.05, 4.69) is 0 Å². The van der Waals surface area contributed by atoms with Gasteiger partial charge in [-0.2, -0.15) is 0 Å². The summed E-state index contributed by atoms with van der Waals surface area (Å²) >= 11 is 0. The van der Waals surface area contributed by atoms with E-state index in [1.807, 2.05) is 0 Å². The summed E-state index contributed by atoms with van der Waals surface area (Å²) in [7, 11) is 0. The fraction of sp³-hybridized carbons (Fsp3) is 0.417. The van der Waals surface area contributed by atoms with E-state index >= 15 is 0 Å². The minimum atomic E-state index is -0.536. The molecule has 0 aromatic heterocycles. The third kappa shape index (κ3) is 2.54. The van der Waals surface area contributed by atoms with Crippen LogP contribution in [-0.2, 0) is 4.79 Å². The van der Waals surface area contributed by atoms with Crippen molar-refractivity contribution in [3.05, 3.63) is 30.1 Å². The average molecular weight is 240 g/mol. The fourth-order valence-corrected chi connectivity index (χ4v) is 1.96. The number of para-hydroxylation sites is 1. The van der Waals surface area contributed by atoms with Crippen molar-refractivity contribution >= 4 is 11.6 Å². The number of anilines is 1. The second-order valence-electron chi connectivity index (χ2n) is 3.94. The molecule has 1 heterocycles. The van der Waals surface area contributed by atoms with E-state index in [1.165, 1.54) is 11.0 Å². The molecule has 0 radical (unpaired) electrons. The number of alkyl halides is 1. The number of carbonyl (C=O) groups is 1. The SMILES string of the molecule is O=C1CN(c2ccccc2F)CCN1CCF. The Morgan fingerprint density at radius 1 is 1.24 bits per heavy atom. The first-order chi connectivity index (χ1) is 8.22. The molecule has 92 valence electrons. The van der Waals surface area contributed by atoms with Crippen LogP contribution < -0.4 is 4.90 Å². The van der Waals surface area contributed by atoms with Gasteiger partial charge in [0.2, 0.25) is 5.91 Å². The molecule has 1 amide bonds. The molecule has 0 N–H and O–H groups in total. The molecular formula is C12H14F2N2O. The topological polar surface area (TPSA) is 23.6 Å². The molecule has 1 fully saturated rings. The largest absolute Gasteiger partial charge is 0.358 e. The van der Waals surface area contributed by atoms with Gasteiger partial charge in [-0.25, -0.2) is 8.78 Å². The molecule has 1 aliphatic heterocycles. The Kier molecular flexibility index (Phi) is 3.56. The first kappa shape index (κ1) is 11.8. The third-order valence-electron chi connectivity index (χ3n) is 2.87. The van der Waals surface area contributed by atoms with Crippen molar-refractivity contribution in [2.24, 2.45) is 0 Å². The van der Waals surface area contributed by atoms with Gasteiger partial charge in [0.15, 0.2) is 0 Å². The number of benzene rings is 1. The van der Waals surface area contributed by atoms with Crippen LogP contribution in [0.2, 0.25) is 0 Å². The van der Waals surface area contributed by atoms with Crippen molar-refractivity contribution in [3.63, 3.8) is 0 Å². The number of halogens is 2. The summed E-state index contributed by atoms with van der Waals surface area (Å²) in [4.78, 5) is 14.8. The molecule has 1 aromatic carbocycles. The van der Waals surface area contributed by atoms with Crippen LogP contribution in [0.3, 0.4) is 0 Å². The van der Waals surface area contributed by atoms with Gasteiger partial charge in [0.25, 0.3) is 0 Å². The van der Waals surface area contributed by atoms with Crippen LogP contribution in [-0.4, -0.2) is 43.7 Å². The number of amides is 1. The lowest BCUT2D eigenvalue weighted by molar-refractivity contribution is -0.131. The van der Waals surface area contributed by atoms with Gasteiger partial charge in [-0.1, -0.05) is 12.1 Å². The molecule has 1 aromatic rings. The molecule has 1 saturated heterocycles. The molecule has 3 nitrogen and oxygen atoms in total. The van der Waals surface area contributed by atoms with Crippen molar-refractivity contribution in [3.8, 4) is 0 Å². The van der Waals surface area contributed by atoms with Gasteiger partial charge in [-0.3, -0.25) is 4.79 Å². The molecule has 1 aliphatic rings. The Labute approximate surface area is 98.6 Å². The van der Waals surface area contributed by atoms with E-state index in [4.69, 9.17) is 0 Å². The van der Waals surface area contributed by atoms with E-state index in [0.29, 0.717) is 18.8 Å². The maximum atomic E-state index is 13.5. The smallest absolute Gasteiger partial charge is 0.242 e. The average Bonchev–Trinajstić information content (AvgIpc) is 2.33. The van der Waals surface area contributed by atoms with Gasteiger partial charge in [-0.15, -0.1) is 0 Å². The normalized spacial score (nSPS) is 16.5. The van der Waals surface area contributed by atoms with Gasteiger partial charge in [0, 0.05) is 19.6 Å². The molecule has 0 unspecified atom stereocenters. The van der Waals surface area contributed by atoms with Crippen molar-refractivity contribution in [2.75, 3.05) is 37.8 Å². The first-order valence-electron chi connectivity index (χ1n) is 5.55. The molecule has 0 saturated carbocycles. The minimum absolute atomic E-state index is 0.112. The Morgan fingerprint density at radius 3 is 2.65 bits per heavy atom. The van der Waals surface area contributed by atoms with Gasteiger partial charge in [-0.05, 0) is 12.1 Å². The zero-order chi connectivity index (χ0) is 12.3. The summed E-state index contributed by atoms with van der Waals surface area (Å²) in [5, 5.41) is 0. The highest BCUT2D eigenvalue weighted by Crippen LogP contribution is 2.20. The van der Waals surface area contributed by atoms with E-state index < -0.39 is 6.67 Å². The highest BCUT2D eigenvalue weighted by atomic mass is 19.1. The Morgan fingerprint density at radius 2 is 2.00 bits per heavy atom. The summed E-state index contributed by atoms with van der Waals surface area (Å²) in [5.74, 6) is -0.489. The number of hydrogen-bond donors (Lipinski definition) is 0. The highest BCUT2D eigenvalue weighted by molar-refractivity contribution is 5.82. The first-order valence-corrected chi connectivity index (χ1v) is 5.55. The highest BCUT2D eigenvalue weighted by Gasteiger charge is 2.24. The van der Waals surface area contributed by atoms with Crippen LogP contribution in [0.5, 0.6) is 0 Å². The van der Waals surface area contributed by atoms with E-state index in [0.717, 1.165) is 0 Å². The second-order valence-corrected chi connectivity index (χ2v) is 3.94. The standard InChI is InChI=1S/C12H14F2N2O/c13-5-6-15-7-8-16(9-12(15)17)11-4-2-1-3-10(11)14/h1-4H,5-9H2. The Balaban J connectivity index is 2.07. The van der Waals surface area contributed by atoms with Crippen LogP contribution in [0.4, 0.5) is 14.5 Å². The minimum Gasteiger partial charge on any atom is -0.358 e. The summed E-state index contributed by atoms with van der Waals surface area (Å²) < 4.78 is 25.7. The van der Waals surface area contributed by atoms with Crippen LogP contribution >= 0.6 is 0 Å². The van der Waals surface area contributed by atoms with Crippen LogP contribution in [0.15, 0.2) is 24.3 Å². The maximum absolute atomic E-state index is 13.5. The number of carbonyl (C=O) groups excluding carboxylic acids is 1. The van der Waals surface area contributed by atoms with Gasteiger partial charge in [0.1, 0.15) is 12.5 Å². The third-order valence-corrected chi connectivity index (χ3v) is 2.87. The lowest BCUT2D eigenvalue weighted by Crippen LogP contribution is -2.51. The van der Waals surface area contributed by atoms with Crippen LogP contribution in [0.25, 0.3) is 0 Å². The van der Waals surface area contributed by atoms with Crippen molar-refractivity contribution in [1.82, 2.24) is 4.90 Å². The van der Waals surface area contributed by atoms with Crippen LogP contribution in [0, 0.1) is 5.82 Å². The number of rotatable bonds is 3. The predicted molar refractivity (Wildman–Crippen MR) is 61.2 cm³/mol. The zero-order valence-corrected chi connectivity index (χ0v) is 9.40. The predicted octanol–water partition coefficient (Wildman–Crippen LogP) is 1.44. The molecule has 0 atom stereocenters. The van der Waals surface area contributed by atoms with Gasteiger partial charge in [0.05, 0.1) is 12.2 Å². The second kappa shape index (κ2) is 5.12. The number of hydrogen-bond acceptors (Lipinski definition) is 2. The number of piperazine rings is 1. The molecule has 0 spiro atoms.